The second-order valence-electron chi connectivity index (χ2n) is 2.84. The molecule has 0 radical (unpaired) electrons. The molecule has 2 rings (SSSR count). The van der Waals surface area contributed by atoms with Crippen molar-refractivity contribution in [3.63, 3.8) is 0 Å². The molecule has 0 aromatic carbocycles. The summed E-state index contributed by atoms with van der Waals surface area (Å²) in [5, 5.41) is 0.209. The van der Waals surface area contributed by atoms with Crippen molar-refractivity contribution in [2.45, 2.75) is 5.03 Å². The van der Waals surface area contributed by atoms with E-state index in [1.807, 2.05) is 0 Å². The zero-order valence-corrected chi connectivity index (χ0v) is 7.80. The van der Waals surface area contributed by atoms with Crippen molar-refractivity contribution < 1.29 is 8.42 Å². The van der Waals surface area contributed by atoms with Gasteiger partial charge >= 0.3 is 0 Å². The van der Waals surface area contributed by atoms with Crippen LogP contribution in [0.4, 0.5) is 0 Å². The Labute approximate surface area is 75.5 Å². The Hall–Kier alpha value is -1.36. The number of hydrogen-bond donors (Lipinski definition) is 1. The first kappa shape index (κ1) is 8.25. The van der Waals surface area contributed by atoms with Crippen molar-refractivity contribution in [2.24, 2.45) is 0 Å². The van der Waals surface area contributed by atoms with Crippen LogP contribution in [-0.4, -0.2) is 24.6 Å². The van der Waals surface area contributed by atoms with Crippen LogP contribution in [0.5, 0.6) is 0 Å². The van der Waals surface area contributed by atoms with Gasteiger partial charge in [0.2, 0.25) is 0 Å². The molecular formula is C8H8N2O2S. The highest BCUT2D eigenvalue weighted by Gasteiger charge is 2.10. The fourth-order valence-corrected chi connectivity index (χ4v) is 1.75. The average Bonchev–Trinajstić information content (AvgIpc) is 2.45. The minimum atomic E-state index is -3.16. The molecular weight excluding hydrogens is 188 g/mol. The van der Waals surface area contributed by atoms with E-state index in [-0.39, 0.29) is 5.03 Å². The van der Waals surface area contributed by atoms with E-state index in [9.17, 15) is 8.42 Å². The van der Waals surface area contributed by atoms with Crippen LogP contribution in [0.15, 0.2) is 29.4 Å². The fraction of sp³-hybridized carbons (Fsp3) is 0.125. The Morgan fingerprint density at radius 2 is 2.23 bits per heavy atom. The number of sulfone groups is 1. The van der Waals surface area contributed by atoms with Crippen molar-refractivity contribution in [3.05, 3.63) is 24.4 Å². The highest BCUT2D eigenvalue weighted by molar-refractivity contribution is 7.90. The molecule has 0 unspecified atom stereocenters. The van der Waals surface area contributed by atoms with Gasteiger partial charge in [0.25, 0.3) is 0 Å². The normalized spacial score (nSPS) is 12.1. The van der Waals surface area contributed by atoms with Crippen LogP contribution in [0.25, 0.3) is 11.0 Å². The van der Waals surface area contributed by atoms with Gasteiger partial charge in [-0.25, -0.2) is 8.42 Å². The van der Waals surface area contributed by atoms with Crippen LogP contribution in [0.2, 0.25) is 0 Å². The maximum Gasteiger partial charge on any atom is 0.190 e. The summed E-state index contributed by atoms with van der Waals surface area (Å²) in [7, 11) is -3.16. The molecule has 0 aliphatic rings. The monoisotopic (exact) mass is 196 g/mol. The zero-order valence-electron chi connectivity index (χ0n) is 6.98. The van der Waals surface area contributed by atoms with E-state index < -0.39 is 9.84 Å². The molecule has 0 amide bonds. The molecule has 0 spiro atoms. The minimum Gasteiger partial charge on any atom is -0.344 e. The Morgan fingerprint density at radius 3 is 2.85 bits per heavy atom. The van der Waals surface area contributed by atoms with Crippen LogP contribution < -0.4 is 0 Å². The molecule has 0 saturated carbocycles. The molecule has 2 aromatic rings. The third kappa shape index (κ3) is 1.42. The van der Waals surface area contributed by atoms with Crippen LogP contribution in [0.1, 0.15) is 0 Å². The summed E-state index contributed by atoms with van der Waals surface area (Å²) in [5.74, 6) is 0. The van der Waals surface area contributed by atoms with Gasteiger partial charge in [0.15, 0.2) is 9.84 Å². The van der Waals surface area contributed by atoms with E-state index in [1.54, 1.807) is 18.3 Å². The number of fused-ring (bicyclic) bond motifs is 1. The highest BCUT2D eigenvalue weighted by atomic mass is 32.2. The molecule has 2 heterocycles. The van der Waals surface area contributed by atoms with Gasteiger partial charge in [0.05, 0.1) is 11.0 Å². The summed E-state index contributed by atoms with van der Waals surface area (Å²) in [6.45, 7) is 0. The van der Waals surface area contributed by atoms with Crippen LogP contribution in [0.3, 0.4) is 0 Å². The summed E-state index contributed by atoms with van der Waals surface area (Å²) >= 11 is 0. The smallest absolute Gasteiger partial charge is 0.190 e. The lowest BCUT2D eigenvalue weighted by Crippen LogP contribution is -1.96. The van der Waals surface area contributed by atoms with Crippen molar-refractivity contribution >= 4 is 20.9 Å². The topological polar surface area (TPSA) is 62.8 Å². The number of aromatic amines is 1. The molecule has 0 atom stereocenters. The van der Waals surface area contributed by atoms with Crippen molar-refractivity contribution in [1.82, 2.24) is 9.97 Å². The van der Waals surface area contributed by atoms with Gasteiger partial charge in [-0.1, -0.05) is 0 Å². The largest absolute Gasteiger partial charge is 0.344 e. The molecule has 68 valence electrons. The fourth-order valence-electron chi connectivity index (χ4n) is 1.13. The van der Waals surface area contributed by atoms with Crippen LogP contribution in [-0.2, 0) is 9.84 Å². The predicted molar refractivity (Wildman–Crippen MR) is 49.2 cm³/mol. The quantitative estimate of drug-likeness (QED) is 0.739. The molecule has 0 aliphatic heterocycles. The average molecular weight is 196 g/mol. The van der Waals surface area contributed by atoms with E-state index in [2.05, 4.69) is 9.97 Å². The minimum absolute atomic E-state index is 0.209. The molecule has 1 N–H and O–H groups in total. The molecule has 5 heteroatoms. The number of hydrogen-bond acceptors (Lipinski definition) is 3. The number of aromatic nitrogens is 2. The maximum absolute atomic E-state index is 11.1. The molecule has 4 nitrogen and oxygen atoms in total. The Balaban J connectivity index is 2.77. The summed E-state index contributed by atoms with van der Waals surface area (Å²) < 4.78 is 22.3. The summed E-state index contributed by atoms with van der Waals surface area (Å²) in [6.07, 6.45) is 2.79. The van der Waals surface area contributed by atoms with Crippen LogP contribution in [0, 0.1) is 0 Å². The standard InChI is InChI=1S/C8H8N2O2S/c1-13(11,12)8-5-7-6(10-8)3-2-4-9-7/h2-5,10H,1H3. The van der Waals surface area contributed by atoms with Gasteiger partial charge in [-0.05, 0) is 12.1 Å². The number of pyridine rings is 1. The van der Waals surface area contributed by atoms with Gasteiger partial charge in [-0.15, -0.1) is 0 Å². The molecule has 2 aromatic heterocycles. The predicted octanol–water partition coefficient (Wildman–Crippen LogP) is 0.966. The van der Waals surface area contributed by atoms with Gasteiger partial charge in [-0.2, -0.15) is 0 Å². The molecule has 0 bridgehead atoms. The summed E-state index contributed by atoms with van der Waals surface area (Å²) in [4.78, 5) is 6.80. The number of nitrogens with zero attached hydrogens (tertiary/aromatic N) is 1. The van der Waals surface area contributed by atoms with Gasteiger partial charge in [0.1, 0.15) is 5.03 Å². The second-order valence-corrected chi connectivity index (χ2v) is 4.83. The second kappa shape index (κ2) is 2.56. The van der Waals surface area contributed by atoms with Crippen LogP contribution >= 0.6 is 0 Å². The first-order valence-corrected chi connectivity index (χ1v) is 5.60. The van der Waals surface area contributed by atoms with Crippen molar-refractivity contribution in [2.75, 3.05) is 6.26 Å². The van der Waals surface area contributed by atoms with E-state index in [0.29, 0.717) is 5.52 Å². The Bertz CT molecular complexity index is 509. The maximum atomic E-state index is 11.1. The van der Waals surface area contributed by atoms with Gasteiger partial charge < -0.3 is 4.98 Å². The van der Waals surface area contributed by atoms with Gasteiger partial charge in [0, 0.05) is 18.5 Å². The molecule has 0 aliphatic carbocycles. The SMILES string of the molecule is CS(=O)(=O)c1cc2ncccc2[nH]1. The third-order valence-corrected chi connectivity index (χ3v) is 2.78. The van der Waals surface area contributed by atoms with E-state index >= 15 is 0 Å². The lowest BCUT2D eigenvalue weighted by atomic mass is 10.4. The number of H-pyrrole nitrogens is 1. The molecule has 0 saturated heterocycles. The Kier molecular flexibility index (Phi) is 1.63. The lowest BCUT2D eigenvalue weighted by Gasteiger charge is -1.88. The first-order chi connectivity index (χ1) is 6.07. The van der Waals surface area contributed by atoms with Gasteiger partial charge in [-0.3, -0.25) is 4.98 Å². The zero-order chi connectivity index (χ0) is 9.47. The Morgan fingerprint density at radius 1 is 1.46 bits per heavy atom. The third-order valence-electron chi connectivity index (χ3n) is 1.76. The highest BCUT2D eigenvalue weighted by Crippen LogP contribution is 2.15. The number of nitrogens with one attached hydrogen (secondary N) is 1. The van der Waals surface area contributed by atoms with E-state index in [4.69, 9.17) is 0 Å². The molecule has 13 heavy (non-hydrogen) atoms. The molecule has 0 fully saturated rings. The van der Waals surface area contributed by atoms with Crippen molar-refractivity contribution in [1.29, 1.82) is 0 Å². The van der Waals surface area contributed by atoms with E-state index in [1.165, 1.54) is 6.07 Å². The summed E-state index contributed by atoms with van der Waals surface area (Å²) in [5.41, 5.74) is 1.41. The van der Waals surface area contributed by atoms with Crippen molar-refractivity contribution in [3.8, 4) is 0 Å². The summed E-state index contributed by atoms with van der Waals surface area (Å²) in [6, 6.07) is 5.08. The lowest BCUT2D eigenvalue weighted by molar-refractivity contribution is 0.599. The number of rotatable bonds is 1. The first-order valence-electron chi connectivity index (χ1n) is 3.71. The van der Waals surface area contributed by atoms with E-state index in [0.717, 1.165) is 11.8 Å².